The molecule has 160 valence electrons. The molecule has 3 aromatic rings. The molecule has 4 nitrogen and oxygen atoms in total. The predicted octanol–water partition coefficient (Wildman–Crippen LogP) is 6.53. The average molecular weight is 406 g/mol. The maximum atomic E-state index is 11.1. The van der Waals surface area contributed by atoms with Crippen molar-refractivity contribution >= 4 is 22.4 Å². The Hall–Kier alpha value is -2.62. The first-order valence-corrected chi connectivity index (χ1v) is 11.0. The van der Waals surface area contributed by atoms with E-state index in [1.54, 1.807) is 6.92 Å². The summed E-state index contributed by atoms with van der Waals surface area (Å²) in [5, 5.41) is 6.90. The molecule has 0 bridgehead atoms. The maximum absolute atomic E-state index is 11.1. The van der Waals surface area contributed by atoms with Gasteiger partial charge in [0.1, 0.15) is 5.82 Å². The van der Waals surface area contributed by atoms with E-state index in [0.717, 1.165) is 23.2 Å². The summed E-state index contributed by atoms with van der Waals surface area (Å²) < 4.78 is 2.28. The summed E-state index contributed by atoms with van der Waals surface area (Å²) in [4.78, 5) is 11.1. The number of nitrogens with two attached hydrogens (primary N) is 1. The Kier molecular flexibility index (Phi) is 7.30. The molecule has 2 aliphatic rings. The quantitative estimate of drug-likeness (QED) is 0.493. The monoisotopic (exact) mass is 405 g/mol. The molecule has 0 saturated heterocycles. The Morgan fingerprint density at radius 1 is 0.967 bits per heavy atom. The van der Waals surface area contributed by atoms with Gasteiger partial charge in [0.15, 0.2) is 5.78 Å². The Morgan fingerprint density at radius 2 is 1.67 bits per heavy atom. The van der Waals surface area contributed by atoms with E-state index in [1.807, 2.05) is 42.5 Å². The number of carbonyl (C=O) groups excluding carboxylic acids is 1. The summed E-state index contributed by atoms with van der Waals surface area (Å²) in [5.41, 5.74) is 9.63. The van der Waals surface area contributed by atoms with Crippen LogP contribution >= 0.6 is 0 Å². The third kappa shape index (κ3) is 4.75. The molecule has 2 N–H and O–H groups in total. The van der Waals surface area contributed by atoms with E-state index in [4.69, 9.17) is 5.73 Å². The minimum Gasteiger partial charge on any atom is -0.382 e. The van der Waals surface area contributed by atoms with Crippen molar-refractivity contribution in [3.63, 3.8) is 0 Å². The van der Waals surface area contributed by atoms with Crippen molar-refractivity contribution in [1.29, 1.82) is 0 Å². The second-order valence-corrected chi connectivity index (χ2v) is 8.37. The van der Waals surface area contributed by atoms with Gasteiger partial charge in [0.2, 0.25) is 0 Å². The Balaban J connectivity index is 0.000000169. The molecule has 0 atom stereocenters. The standard InChI is InChI=1S/C13H21N3.C12H10O.CH4/c14-13-11-8-4-5-9-12(11)16(15-13)10-6-2-1-3-7-10;1-9(13)11-7-6-10-4-2-3-5-12(10)8-11;/h10H,1-9H2,(H2,14,15);2-8H,1H3;1H4. The first kappa shape index (κ1) is 22.1. The van der Waals surface area contributed by atoms with Crippen molar-refractivity contribution in [2.24, 2.45) is 0 Å². The molecule has 2 aromatic carbocycles. The van der Waals surface area contributed by atoms with E-state index in [1.165, 1.54) is 68.0 Å². The van der Waals surface area contributed by atoms with Crippen molar-refractivity contribution in [2.75, 3.05) is 5.73 Å². The SMILES string of the molecule is C.CC(=O)c1ccc2ccccc2c1.Nc1nn(C2CCCCC2)c2c1CCCC2. The lowest BCUT2D eigenvalue weighted by Gasteiger charge is -2.25. The number of aromatic nitrogens is 2. The zero-order valence-electron chi connectivity index (χ0n) is 17.4. The summed E-state index contributed by atoms with van der Waals surface area (Å²) in [6.45, 7) is 1.59. The number of nitrogens with zero attached hydrogens (tertiary/aromatic N) is 2. The Morgan fingerprint density at radius 3 is 2.40 bits per heavy atom. The summed E-state index contributed by atoms with van der Waals surface area (Å²) in [6.07, 6.45) is 11.7. The highest BCUT2D eigenvalue weighted by Crippen LogP contribution is 2.34. The number of carbonyl (C=O) groups is 1. The van der Waals surface area contributed by atoms with E-state index in [2.05, 4.69) is 9.78 Å². The third-order valence-corrected chi connectivity index (χ3v) is 6.32. The lowest BCUT2D eigenvalue weighted by atomic mass is 9.93. The highest BCUT2D eigenvalue weighted by Gasteiger charge is 2.24. The number of fused-ring (bicyclic) bond motifs is 2. The lowest BCUT2D eigenvalue weighted by Crippen LogP contribution is -2.18. The van der Waals surface area contributed by atoms with Crippen molar-refractivity contribution < 1.29 is 4.79 Å². The summed E-state index contributed by atoms with van der Waals surface area (Å²) in [6, 6.07) is 14.4. The molecule has 1 aromatic heterocycles. The topological polar surface area (TPSA) is 60.9 Å². The largest absolute Gasteiger partial charge is 0.382 e. The maximum Gasteiger partial charge on any atom is 0.159 e. The highest BCUT2D eigenvalue weighted by molar-refractivity contribution is 5.98. The van der Waals surface area contributed by atoms with Crippen molar-refractivity contribution in [3.8, 4) is 0 Å². The van der Waals surface area contributed by atoms with Gasteiger partial charge in [-0.25, -0.2) is 0 Å². The first-order chi connectivity index (χ1) is 14.1. The van der Waals surface area contributed by atoms with E-state index in [0.29, 0.717) is 6.04 Å². The molecule has 0 unspecified atom stereocenters. The number of hydrogen-bond donors (Lipinski definition) is 1. The molecule has 0 aliphatic heterocycles. The molecule has 0 radical (unpaired) electrons. The van der Waals surface area contributed by atoms with Crippen LogP contribution in [-0.2, 0) is 12.8 Å². The molecular formula is C26H35N3O. The van der Waals surface area contributed by atoms with Crippen LogP contribution in [0.15, 0.2) is 42.5 Å². The van der Waals surface area contributed by atoms with Gasteiger partial charge >= 0.3 is 0 Å². The fourth-order valence-electron chi connectivity index (χ4n) is 4.69. The molecule has 0 amide bonds. The minimum atomic E-state index is 0. The number of rotatable bonds is 2. The van der Waals surface area contributed by atoms with Gasteiger partial charge in [-0.15, -0.1) is 0 Å². The molecule has 5 rings (SSSR count). The molecular weight excluding hydrogens is 370 g/mol. The van der Waals surface area contributed by atoms with Gasteiger partial charge in [-0.3, -0.25) is 9.48 Å². The van der Waals surface area contributed by atoms with Crippen LogP contribution in [0, 0.1) is 0 Å². The van der Waals surface area contributed by atoms with E-state index in [-0.39, 0.29) is 13.2 Å². The number of nitrogen functional groups attached to an aromatic ring is 1. The molecule has 30 heavy (non-hydrogen) atoms. The van der Waals surface area contributed by atoms with Gasteiger partial charge in [-0.1, -0.05) is 63.1 Å². The number of Topliss-reactive ketones (excluding diaryl/α,β-unsaturated/α-hetero) is 1. The van der Waals surface area contributed by atoms with Gasteiger partial charge in [0, 0.05) is 16.8 Å². The van der Waals surface area contributed by atoms with Crippen LogP contribution in [0.4, 0.5) is 5.82 Å². The fraction of sp³-hybridized carbons (Fsp3) is 0.462. The fourth-order valence-corrected chi connectivity index (χ4v) is 4.69. The molecule has 1 saturated carbocycles. The van der Waals surface area contributed by atoms with Crippen molar-refractivity contribution in [1.82, 2.24) is 9.78 Å². The second kappa shape index (κ2) is 9.92. The van der Waals surface area contributed by atoms with E-state index < -0.39 is 0 Å². The number of benzene rings is 2. The van der Waals surface area contributed by atoms with Gasteiger partial charge in [0.25, 0.3) is 0 Å². The minimum absolute atomic E-state index is 0. The number of ketones is 1. The number of anilines is 1. The zero-order chi connectivity index (χ0) is 20.2. The molecule has 0 spiro atoms. The first-order valence-electron chi connectivity index (χ1n) is 11.0. The van der Waals surface area contributed by atoms with Crippen LogP contribution in [0.2, 0.25) is 0 Å². The average Bonchev–Trinajstić information content (AvgIpc) is 3.11. The van der Waals surface area contributed by atoms with Crippen LogP contribution < -0.4 is 5.73 Å². The van der Waals surface area contributed by atoms with Crippen LogP contribution in [0.25, 0.3) is 10.8 Å². The lowest BCUT2D eigenvalue weighted by molar-refractivity contribution is 0.101. The van der Waals surface area contributed by atoms with Crippen molar-refractivity contribution in [3.05, 3.63) is 59.3 Å². The molecule has 1 heterocycles. The molecule has 1 fully saturated rings. The molecule has 4 heteroatoms. The van der Waals surface area contributed by atoms with Crippen LogP contribution in [-0.4, -0.2) is 15.6 Å². The van der Waals surface area contributed by atoms with Gasteiger partial charge < -0.3 is 5.73 Å². The Bertz CT molecular complexity index is 999. The zero-order valence-corrected chi connectivity index (χ0v) is 17.4. The van der Waals surface area contributed by atoms with Gasteiger partial charge in [-0.05, 0) is 62.3 Å². The predicted molar refractivity (Wildman–Crippen MR) is 126 cm³/mol. The number of hydrogen-bond acceptors (Lipinski definition) is 3. The highest BCUT2D eigenvalue weighted by atomic mass is 16.1. The summed E-state index contributed by atoms with van der Waals surface area (Å²) in [7, 11) is 0. The summed E-state index contributed by atoms with van der Waals surface area (Å²) >= 11 is 0. The molecule has 2 aliphatic carbocycles. The van der Waals surface area contributed by atoms with Gasteiger partial charge in [0.05, 0.1) is 6.04 Å². The van der Waals surface area contributed by atoms with Crippen LogP contribution in [0.5, 0.6) is 0 Å². The van der Waals surface area contributed by atoms with Crippen LogP contribution in [0.1, 0.15) is 87.0 Å². The van der Waals surface area contributed by atoms with Crippen LogP contribution in [0.3, 0.4) is 0 Å². The smallest absolute Gasteiger partial charge is 0.159 e. The van der Waals surface area contributed by atoms with E-state index >= 15 is 0 Å². The van der Waals surface area contributed by atoms with Gasteiger partial charge in [-0.2, -0.15) is 5.10 Å². The third-order valence-electron chi connectivity index (χ3n) is 6.32. The van der Waals surface area contributed by atoms with Crippen molar-refractivity contribution in [2.45, 2.75) is 78.2 Å². The summed E-state index contributed by atoms with van der Waals surface area (Å²) in [5.74, 6) is 0.922. The second-order valence-electron chi connectivity index (χ2n) is 8.37. The normalized spacial score (nSPS) is 16.2. The van der Waals surface area contributed by atoms with E-state index in [9.17, 15) is 4.79 Å². The Labute approximate surface area is 180 Å².